The molecule has 4 rings (SSSR count). The maximum atomic E-state index is 12.3. The molecule has 4 aromatic rings. The highest BCUT2D eigenvalue weighted by Crippen LogP contribution is 2.23. The van der Waals surface area contributed by atoms with E-state index >= 15 is 0 Å². The van der Waals surface area contributed by atoms with Crippen LogP contribution in [0.3, 0.4) is 0 Å². The van der Waals surface area contributed by atoms with Crippen LogP contribution in [0.2, 0.25) is 0 Å². The minimum absolute atomic E-state index is 0.198. The second-order valence-corrected chi connectivity index (χ2v) is 6.16. The Labute approximate surface area is 156 Å². The van der Waals surface area contributed by atoms with Crippen LogP contribution in [0.15, 0.2) is 77.4 Å². The maximum Gasteiger partial charge on any atom is 0.290 e. The Balaban J connectivity index is 1.64. The minimum Gasteiger partial charge on any atom is -0.351 e. The number of benzene rings is 2. The molecule has 1 N–H and O–H groups in total. The van der Waals surface area contributed by atoms with Gasteiger partial charge in [-0.25, -0.2) is 4.68 Å². The van der Waals surface area contributed by atoms with Gasteiger partial charge in [0.05, 0.1) is 17.1 Å². The van der Waals surface area contributed by atoms with Gasteiger partial charge in [0.15, 0.2) is 0 Å². The van der Waals surface area contributed by atoms with Gasteiger partial charge in [0.25, 0.3) is 5.91 Å². The van der Waals surface area contributed by atoms with Crippen LogP contribution >= 0.6 is 0 Å². The number of aryl methyl sites for hydroxylation is 1. The van der Waals surface area contributed by atoms with E-state index in [1.165, 1.54) is 0 Å². The molecule has 0 aliphatic heterocycles. The Morgan fingerprint density at radius 1 is 1.07 bits per heavy atom. The van der Waals surface area contributed by atoms with Gasteiger partial charge >= 0.3 is 0 Å². The standard InChI is InChI=1S/C21H18N4O2/c1-15-12-19(27-24-15)21(26)22-13-17-14-25(18-10-6-3-7-11-18)23-20(17)16-8-4-2-5-9-16/h2-12,14H,13H2,1H3,(H,22,26). The van der Waals surface area contributed by atoms with Crippen LogP contribution in [0, 0.1) is 6.92 Å². The third-order valence-electron chi connectivity index (χ3n) is 4.15. The van der Waals surface area contributed by atoms with Crippen LogP contribution in [0.25, 0.3) is 16.9 Å². The lowest BCUT2D eigenvalue weighted by molar-refractivity contribution is 0.0914. The van der Waals surface area contributed by atoms with E-state index in [2.05, 4.69) is 10.5 Å². The SMILES string of the molecule is Cc1cc(C(=O)NCc2cn(-c3ccccc3)nc2-c2ccccc2)on1. The molecule has 0 aliphatic rings. The van der Waals surface area contributed by atoms with Crippen molar-refractivity contribution in [3.63, 3.8) is 0 Å². The normalized spacial score (nSPS) is 10.7. The molecule has 0 radical (unpaired) electrons. The van der Waals surface area contributed by atoms with Crippen molar-refractivity contribution in [2.24, 2.45) is 0 Å². The topological polar surface area (TPSA) is 73.0 Å². The van der Waals surface area contributed by atoms with Gasteiger partial charge in [-0.3, -0.25) is 4.79 Å². The number of amides is 1. The fraction of sp³-hybridized carbons (Fsp3) is 0.0952. The van der Waals surface area contributed by atoms with Crippen molar-refractivity contribution in [3.05, 3.63) is 89.9 Å². The molecule has 0 unspecified atom stereocenters. The first kappa shape index (κ1) is 16.8. The Kier molecular flexibility index (Phi) is 4.53. The Hall–Kier alpha value is -3.67. The zero-order chi connectivity index (χ0) is 18.6. The minimum atomic E-state index is -0.304. The third-order valence-corrected chi connectivity index (χ3v) is 4.15. The van der Waals surface area contributed by atoms with Crippen molar-refractivity contribution in [1.82, 2.24) is 20.3 Å². The van der Waals surface area contributed by atoms with Gasteiger partial charge in [0, 0.05) is 29.9 Å². The molecule has 6 heteroatoms. The van der Waals surface area contributed by atoms with E-state index in [-0.39, 0.29) is 11.7 Å². The number of hydrogen-bond donors (Lipinski definition) is 1. The monoisotopic (exact) mass is 358 g/mol. The van der Waals surface area contributed by atoms with E-state index < -0.39 is 0 Å². The van der Waals surface area contributed by atoms with Gasteiger partial charge < -0.3 is 9.84 Å². The van der Waals surface area contributed by atoms with Gasteiger partial charge in [0.1, 0.15) is 0 Å². The fourth-order valence-corrected chi connectivity index (χ4v) is 2.82. The van der Waals surface area contributed by atoms with E-state index in [1.807, 2.05) is 71.5 Å². The highest BCUT2D eigenvalue weighted by atomic mass is 16.5. The average molecular weight is 358 g/mol. The molecule has 0 fully saturated rings. The first-order valence-corrected chi connectivity index (χ1v) is 8.61. The fourth-order valence-electron chi connectivity index (χ4n) is 2.82. The van der Waals surface area contributed by atoms with Crippen molar-refractivity contribution < 1.29 is 9.32 Å². The van der Waals surface area contributed by atoms with E-state index in [9.17, 15) is 4.79 Å². The average Bonchev–Trinajstić information content (AvgIpc) is 3.34. The summed E-state index contributed by atoms with van der Waals surface area (Å²) in [6.07, 6.45) is 1.93. The lowest BCUT2D eigenvalue weighted by Gasteiger charge is -2.03. The van der Waals surface area contributed by atoms with Crippen molar-refractivity contribution in [2.45, 2.75) is 13.5 Å². The summed E-state index contributed by atoms with van der Waals surface area (Å²) in [5.74, 6) is -0.105. The summed E-state index contributed by atoms with van der Waals surface area (Å²) in [7, 11) is 0. The van der Waals surface area contributed by atoms with Crippen LogP contribution in [0.4, 0.5) is 0 Å². The van der Waals surface area contributed by atoms with Crippen molar-refractivity contribution >= 4 is 5.91 Å². The predicted octanol–water partition coefficient (Wildman–Crippen LogP) is 3.77. The smallest absolute Gasteiger partial charge is 0.290 e. The number of rotatable bonds is 5. The first-order valence-electron chi connectivity index (χ1n) is 8.61. The number of aromatic nitrogens is 3. The Morgan fingerprint density at radius 3 is 2.44 bits per heavy atom. The molecule has 27 heavy (non-hydrogen) atoms. The Morgan fingerprint density at radius 2 is 1.78 bits per heavy atom. The highest BCUT2D eigenvalue weighted by Gasteiger charge is 2.15. The summed E-state index contributed by atoms with van der Waals surface area (Å²) in [5, 5.41) is 11.4. The molecule has 0 saturated carbocycles. The molecule has 0 spiro atoms. The molecule has 0 atom stereocenters. The van der Waals surface area contributed by atoms with Gasteiger partial charge in [-0.2, -0.15) is 5.10 Å². The van der Waals surface area contributed by atoms with E-state index in [0.29, 0.717) is 12.2 Å². The molecular weight excluding hydrogens is 340 g/mol. The number of hydrogen-bond acceptors (Lipinski definition) is 4. The van der Waals surface area contributed by atoms with Crippen molar-refractivity contribution in [3.8, 4) is 16.9 Å². The summed E-state index contributed by atoms with van der Waals surface area (Å²) < 4.78 is 6.84. The van der Waals surface area contributed by atoms with E-state index in [1.54, 1.807) is 13.0 Å². The Bertz CT molecular complexity index is 1050. The molecule has 2 aromatic carbocycles. The summed E-state index contributed by atoms with van der Waals surface area (Å²) in [6.45, 7) is 2.10. The van der Waals surface area contributed by atoms with E-state index in [0.717, 1.165) is 22.5 Å². The highest BCUT2D eigenvalue weighted by molar-refractivity contribution is 5.91. The molecule has 1 amide bonds. The van der Waals surface area contributed by atoms with Crippen LogP contribution < -0.4 is 5.32 Å². The van der Waals surface area contributed by atoms with Crippen LogP contribution in [0.1, 0.15) is 21.8 Å². The van der Waals surface area contributed by atoms with Crippen molar-refractivity contribution in [1.29, 1.82) is 0 Å². The third kappa shape index (κ3) is 3.64. The summed E-state index contributed by atoms with van der Waals surface area (Å²) in [4.78, 5) is 12.3. The van der Waals surface area contributed by atoms with Gasteiger partial charge in [-0.1, -0.05) is 53.7 Å². The van der Waals surface area contributed by atoms with Gasteiger partial charge in [-0.05, 0) is 19.1 Å². The molecule has 2 aromatic heterocycles. The maximum absolute atomic E-state index is 12.3. The molecular formula is C21H18N4O2. The van der Waals surface area contributed by atoms with Crippen LogP contribution in [-0.4, -0.2) is 20.8 Å². The molecule has 0 saturated heterocycles. The van der Waals surface area contributed by atoms with E-state index in [4.69, 9.17) is 9.62 Å². The number of carbonyl (C=O) groups excluding carboxylic acids is 1. The number of nitrogens with zero attached hydrogens (tertiary/aromatic N) is 3. The first-order chi connectivity index (χ1) is 13.2. The van der Waals surface area contributed by atoms with Gasteiger partial charge in [-0.15, -0.1) is 0 Å². The predicted molar refractivity (Wildman–Crippen MR) is 101 cm³/mol. The molecule has 6 nitrogen and oxygen atoms in total. The summed E-state index contributed by atoms with van der Waals surface area (Å²) in [6, 6.07) is 21.4. The largest absolute Gasteiger partial charge is 0.351 e. The lowest BCUT2D eigenvalue weighted by Crippen LogP contribution is -2.22. The molecule has 0 bridgehead atoms. The van der Waals surface area contributed by atoms with Crippen LogP contribution in [-0.2, 0) is 6.54 Å². The number of nitrogens with one attached hydrogen (secondary N) is 1. The molecule has 134 valence electrons. The lowest BCUT2D eigenvalue weighted by atomic mass is 10.1. The second kappa shape index (κ2) is 7.29. The summed E-state index contributed by atoms with van der Waals surface area (Å²) in [5.41, 5.74) is 4.36. The van der Waals surface area contributed by atoms with Crippen LogP contribution in [0.5, 0.6) is 0 Å². The number of para-hydroxylation sites is 1. The molecule has 0 aliphatic carbocycles. The zero-order valence-corrected chi connectivity index (χ0v) is 14.8. The quantitative estimate of drug-likeness (QED) is 0.589. The van der Waals surface area contributed by atoms with Gasteiger partial charge in [0.2, 0.25) is 5.76 Å². The summed E-state index contributed by atoms with van der Waals surface area (Å²) >= 11 is 0. The second-order valence-electron chi connectivity index (χ2n) is 6.16. The zero-order valence-electron chi connectivity index (χ0n) is 14.8. The molecule has 2 heterocycles. The van der Waals surface area contributed by atoms with Crippen molar-refractivity contribution in [2.75, 3.05) is 0 Å². The number of carbonyl (C=O) groups is 1.